The molecule has 10 rings (SSSR count). The third-order valence-electron chi connectivity index (χ3n) is 10.5. The van der Waals surface area contributed by atoms with Crippen LogP contribution in [0, 0.1) is 0 Å². The predicted octanol–water partition coefficient (Wildman–Crippen LogP) is 14.9. The number of nitrogens with zero attached hydrogens (tertiary/aromatic N) is 1. The number of hydrogen-bond acceptors (Lipinski definition) is 2. The van der Waals surface area contributed by atoms with Gasteiger partial charge in [0.1, 0.15) is 11.2 Å². The van der Waals surface area contributed by atoms with Crippen molar-refractivity contribution in [2.75, 3.05) is 4.90 Å². The summed E-state index contributed by atoms with van der Waals surface area (Å²) in [6, 6.07) is 76.0. The van der Waals surface area contributed by atoms with Gasteiger partial charge in [-0.3, -0.25) is 0 Å². The summed E-state index contributed by atoms with van der Waals surface area (Å²) < 4.78 is 6.23. The van der Waals surface area contributed by atoms with E-state index in [2.05, 4.69) is 205 Å². The molecule has 2 nitrogen and oxygen atoms in total. The van der Waals surface area contributed by atoms with Gasteiger partial charge < -0.3 is 9.32 Å². The third kappa shape index (κ3) is 5.81. The van der Waals surface area contributed by atoms with Crippen LogP contribution in [0.3, 0.4) is 0 Å². The van der Waals surface area contributed by atoms with Crippen LogP contribution in [0.4, 0.5) is 17.1 Å². The Balaban J connectivity index is 1.07. The first-order valence-electron chi connectivity index (χ1n) is 18.4. The smallest absolute Gasteiger partial charge is 0.136 e. The molecule has 0 N–H and O–H groups in total. The van der Waals surface area contributed by atoms with Crippen molar-refractivity contribution in [1.82, 2.24) is 0 Å². The van der Waals surface area contributed by atoms with E-state index >= 15 is 0 Å². The highest BCUT2D eigenvalue weighted by molar-refractivity contribution is 6.10. The Morgan fingerprint density at radius 3 is 1.46 bits per heavy atom. The van der Waals surface area contributed by atoms with E-state index in [0.717, 1.165) is 50.0 Å². The molecule has 0 aliphatic heterocycles. The third-order valence-corrected chi connectivity index (χ3v) is 10.5. The number of hydrogen-bond donors (Lipinski definition) is 0. The largest absolute Gasteiger partial charge is 0.456 e. The van der Waals surface area contributed by atoms with Gasteiger partial charge in [0.05, 0.1) is 0 Å². The summed E-state index contributed by atoms with van der Waals surface area (Å²) in [7, 11) is 0. The SMILES string of the molecule is c1ccc(-c2ccc(N(c3ccc(-c4ccc5cc6c(cc5c4)oc4ccccc46)cc3)c3ccc(-c4ccccc4)c(-c4ccccc4)c3)cc2)cc1. The van der Waals surface area contributed by atoms with Crippen molar-refractivity contribution >= 4 is 49.8 Å². The summed E-state index contributed by atoms with van der Waals surface area (Å²) in [6.07, 6.45) is 0. The molecule has 254 valence electrons. The molecule has 1 aromatic heterocycles. The highest BCUT2D eigenvalue weighted by atomic mass is 16.3. The Morgan fingerprint density at radius 1 is 0.278 bits per heavy atom. The molecule has 10 aromatic rings. The summed E-state index contributed by atoms with van der Waals surface area (Å²) in [5, 5.41) is 4.67. The predicted molar refractivity (Wildman–Crippen MR) is 228 cm³/mol. The summed E-state index contributed by atoms with van der Waals surface area (Å²) >= 11 is 0. The molecule has 0 radical (unpaired) electrons. The molecule has 0 saturated heterocycles. The summed E-state index contributed by atoms with van der Waals surface area (Å²) in [6.45, 7) is 0. The normalized spacial score (nSPS) is 11.3. The molecule has 1 heterocycles. The molecular weight excluding hydrogens is 655 g/mol. The Labute approximate surface area is 314 Å². The second kappa shape index (κ2) is 13.4. The zero-order valence-electron chi connectivity index (χ0n) is 29.6. The second-order valence-electron chi connectivity index (χ2n) is 13.8. The van der Waals surface area contributed by atoms with Gasteiger partial charge in [-0.05, 0) is 116 Å². The quantitative estimate of drug-likeness (QED) is 0.166. The number of fused-ring (bicyclic) bond motifs is 4. The van der Waals surface area contributed by atoms with Crippen molar-refractivity contribution in [2.45, 2.75) is 0 Å². The van der Waals surface area contributed by atoms with E-state index in [4.69, 9.17) is 4.42 Å². The van der Waals surface area contributed by atoms with E-state index in [0.29, 0.717) is 0 Å². The monoisotopic (exact) mass is 689 g/mol. The number of para-hydroxylation sites is 1. The lowest BCUT2D eigenvalue weighted by Gasteiger charge is -2.27. The lowest BCUT2D eigenvalue weighted by Crippen LogP contribution is -2.10. The van der Waals surface area contributed by atoms with Crippen LogP contribution in [-0.4, -0.2) is 0 Å². The van der Waals surface area contributed by atoms with Crippen LogP contribution in [0.25, 0.3) is 77.2 Å². The maximum Gasteiger partial charge on any atom is 0.136 e. The number of benzene rings is 9. The number of anilines is 3. The van der Waals surface area contributed by atoms with Gasteiger partial charge in [-0.15, -0.1) is 0 Å². The average molecular weight is 690 g/mol. The summed E-state index contributed by atoms with van der Waals surface area (Å²) in [5.41, 5.74) is 14.6. The molecule has 0 aliphatic rings. The maximum absolute atomic E-state index is 6.23. The van der Waals surface area contributed by atoms with E-state index in [1.54, 1.807) is 0 Å². The van der Waals surface area contributed by atoms with Crippen molar-refractivity contribution in [2.24, 2.45) is 0 Å². The first-order chi connectivity index (χ1) is 26.7. The molecule has 0 bridgehead atoms. The van der Waals surface area contributed by atoms with E-state index < -0.39 is 0 Å². The van der Waals surface area contributed by atoms with Gasteiger partial charge in [0.15, 0.2) is 0 Å². The lowest BCUT2D eigenvalue weighted by atomic mass is 9.93. The number of furan rings is 1. The van der Waals surface area contributed by atoms with Gasteiger partial charge in [0.25, 0.3) is 0 Å². The van der Waals surface area contributed by atoms with E-state index in [9.17, 15) is 0 Å². The molecule has 0 atom stereocenters. The lowest BCUT2D eigenvalue weighted by molar-refractivity contribution is 0.669. The minimum Gasteiger partial charge on any atom is -0.456 e. The number of rotatable bonds is 7. The standard InChI is InChI=1S/C52H35NO/c1-4-12-36(13-5-1)37-22-26-44(27-23-37)53(46-30-31-47(39-14-6-2-7-15-39)49(35-46)40-16-8-3-9-17-40)45-28-24-38(25-29-45)41-20-21-42-33-50-48-18-10-11-19-51(48)54-52(50)34-43(42)32-41/h1-35H. The molecule has 0 saturated carbocycles. The van der Waals surface area contributed by atoms with Crippen LogP contribution in [0.5, 0.6) is 0 Å². The Hall–Kier alpha value is -7.16. The fourth-order valence-electron chi connectivity index (χ4n) is 7.73. The van der Waals surface area contributed by atoms with Gasteiger partial charge in [-0.1, -0.05) is 152 Å². The molecule has 54 heavy (non-hydrogen) atoms. The second-order valence-corrected chi connectivity index (χ2v) is 13.8. The summed E-state index contributed by atoms with van der Waals surface area (Å²) in [5.74, 6) is 0. The molecule has 0 amide bonds. The highest BCUT2D eigenvalue weighted by Gasteiger charge is 2.17. The van der Waals surface area contributed by atoms with Crippen LogP contribution in [0.2, 0.25) is 0 Å². The van der Waals surface area contributed by atoms with Crippen molar-refractivity contribution in [3.05, 3.63) is 212 Å². The van der Waals surface area contributed by atoms with Crippen LogP contribution in [-0.2, 0) is 0 Å². The molecule has 0 spiro atoms. The zero-order chi connectivity index (χ0) is 35.8. The van der Waals surface area contributed by atoms with Gasteiger partial charge >= 0.3 is 0 Å². The Bertz CT molecular complexity index is 2890. The molecule has 0 aliphatic carbocycles. The van der Waals surface area contributed by atoms with Gasteiger partial charge in [0, 0.05) is 27.8 Å². The molecule has 0 fully saturated rings. The Morgan fingerprint density at radius 2 is 0.796 bits per heavy atom. The summed E-state index contributed by atoms with van der Waals surface area (Å²) in [4.78, 5) is 2.36. The minimum absolute atomic E-state index is 0.915. The first kappa shape index (κ1) is 31.6. The maximum atomic E-state index is 6.23. The van der Waals surface area contributed by atoms with Crippen molar-refractivity contribution in [3.63, 3.8) is 0 Å². The molecule has 2 heteroatoms. The fraction of sp³-hybridized carbons (Fsp3) is 0. The molecule has 0 unspecified atom stereocenters. The van der Waals surface area contributed by atoms with Gasteiger partial charge in [-0.2, -0.15) is 0 Å². The van der Waals surface area contributed by atoms with E-state index in [1.807, 2.05) is 12.1 Å². The van der Waals surface area contributed by atoms with Crippen LogP contribution >= 0.6 is 0 Å². The van der Waals surface area contributed by atoms with Crippen molar-refractivity contribution in [1.29, 1.82) is 0 Å². The van der Waals surface area contributed by atoms with Crippen molar-refractivity contribution in [3.8, 4) is 44.5 Å². The van der Waals surface area contributed by atoms with Crippen LogP contribution < -0.4 is 4.90 Å². The van der Waals surface area contributed by atoms with E-state index in [1.165, 1.54) is 44.3 Å². The molecular formula is C52H35NO. The van der Waals surface area contributed by atoms with Crippen molar-refractivity contribution < 1.29 is 4.42 Å². The van der Waals surface area contributed by atoms with E-state index in [-0.39, 0.29) is 0 Å². The van der Waals surface area contributed by atoms with Crippen LogP contribution in [0.1, 0.15) is 0 Å². The first-order valence-corrected chi connectivity index (χ1v) is 18.4. The fourth-order valence-corrected chi connectivity index (χ4v) is 7.73. The van der Waals surface area contributed by atoms with Gasteiger partial charge in [0.2, 0.25) is 0 Å². The zero-order valence-corrected chi connectivity index (χ0v) is 29.6. The molecule has 9 aromatic carbocycles. The average Bonchev–Trinajstić information content (AvgIpc) is 3.61. The Kier molecular flexibility index (Phi) is 7.85. The minimum atomic E-state index is 0.915. The van der Waals surface area contributed by atoms with Gasteiger partial charge in [-0.25, -0.2) is 0 Å². The topological polar surface area (TPSA) is 16.4 Å². The van der Waals surface area contributed by atoms with Crippen LogP contribution in [0.15, 0.2) is 217 Å². The highest BCUT2D eigenvalue weighted by Crippen LogP contribution is 2.42.